The third kappa shape index (κ3) is 2.25. The van der Waals surface area contributed by atoms with Crippen molar-refractivity contribution in [2.45, 2.75) is 6.04 Å². The molecule has 0 aliphatic heterocycles. The zero-order valence-corrected chi connectivity index (χ0v) is 7.76. The van der Waals surface area contributed by atoms with Gasteiger partial charge in [0.15, 0.2) is 0 Å². The molecule has 0 fully saturated rings. The summed E-state index contributed by atoms with van der Waals surface area (Å²) in [6, 6.07) is 2.98. The SMILES string of the molecule is COCC(NN)c1c(F)cccc1F. The normalized spacial score (nSPS) is 12.9. The van der Waals surface area contributed by atoms with Gasteiger partial charge in [0.2, 0.25) is 0 Å². The Morgan fingerprint density at radius 2 is 2.00 bits per heavy atom. The number of hydrogen-bond donors (Lipinski definition) is 2. The highest BCUT2D eigenvalue weighted by molar-refractivity contribution is 5.23. The van der Waals surface area contributed by atoms with E-state index in [4.69, 9.17) is 10.6 Å². The summed E-state index contributed by atoms with van der Waals surface area (Å²) in [5, 5.41) is 0. The maximum absolute atomic E-state index is 13.2. The molecule has 0 aliphatic carbocycles. The van der Waals surface area contributed by atoms with E-state index >= 15 is 0 Å². The van der Waals surface area contributed by atoms with Crippen molar-refractivity contribution >= 4 is 0 Å². The molecule has 0 saturated heterocycles. The smallest absolute Gasteiger partial charge is 0.131 e. The number of methoxy groups -OCH3 is 1. The van der Waals surface area contributed by atoms with Gasteiger partial charge in [0.25, 0.3) is 0 Å². The van der Waals surface area contributed by atoms with Crippen LogP contribution in [0.2, 0.25) is 0 Å². The Hall–Kier alpha value is -1.04. The van der Waals surface area contributed by atoms with Crippen molar-refractivity contribution in [1.82, 2.24) is 5.43 Å². The van der Waals surface area contributed by atoms with Crippen LogP contribution < -0.4 is 11.3 Å². The van der Waals surface area contributed by atoms with Crippen molar-refractivity contribution < 1.29 is 13.5 Å². The zero-order chi connectivity index (χ0) is 10.6. The molecule has 3 nitrogen and oxygen atoms in total. The number of nitrogens with two attached hydrogens (primary N) is 1. The fourth-order valence-electron chi connectivity index (χ4n) is 1.23. The standard InChI is InChI=1S/C9H12F2N2O/c1-14-5-8(13-12)9-6(10)3-2-4-7(9)11/h2-4,8,13H,5,12H2,1H3. The topological polar surface area (TPSA) is 47.3 Å². The highest BCUT2D eigenvalue weighted by Crippen LogP contribution is 2.19. The van der Waals surface area contributed by atoms with E-state index in [1.54, 1.807) is 0 Å². The summed E-state index contributed by atoms with van der Waals surface area (Å²) < 4.78 is 31.2. The first kappa shape index (κ1) is 11.0. The number of hydrazine groups is 1. The molecule has 1 aromatic carbocycles. The lowest BCUT2D eigenvalue weighted by atomic mass is 10.1. The first-order chi connectivity index (χ1) is 6.70. The van der Waals surface area contributed by atoms with Crippen LogP contribution in [0, 0.1) is 11.6 Å². The van der Waals surface area contributed by atoms with E-state index in [-0.39, 0.29) is 12.2 Å². The van der Waals surface area contributed by atoms with Crippen LogP contribution in [0.25, 0.3) is 0 Å². The van der Waals surface area contributed by atoms with Crippen LogP contribution in [-0.2, 0) is 4.74 Å². The zero-order valence-electron chi connectivity index (χ0n) is 7.76. The van der Waals surface area contributed by atoms with Crippen molar-refractivity contribution in [2.75, 3.05) is 13.7 Å². The molecule has 0 radical (unpaired) electrons. The Morgan fingerprint density at radius 3 is 2.43 bits per heavy atom. The lowest BCUT2D eigenvalue weighted by molar-refractivity contribution is 0.164. The molecule has 1 atom stereocenters. The van der Waals surface area contributed by atoms with Gasteiger partial charge in [-0.1, -0.05) is 6.07 Å². The minimum atomic E-state index is -0.679. The summed E-state index contributed by atoms with van der Waals surface area (Å²) in [5.74, 6) is 3.90. The minimum absolute atomic E-state index is 0.100. The second kappa shape index (κ2) is 4.99. The summed E-state index contributed by atoms with van der Waals surface area (Å²) in [4.78, 5) is 0. The summed E-state index contributed by atoms with van der Waals surface area (Å²) >= 11 is 0. The Morgan fingerprint density at radius 1 is 1.43 bits per heavy atom. The largest absolute Gasteiger partial charge is 0.383 e. The lowest BCUT2D eigenvalue weighted by Crippen LogP contribution is -2.32. The van der Waals surface area contributed by atoms with Gasteiger partial charge in [-0.2, -0.15) is 0 Å². The van der Waals surface area contributed by atoms with Gasteiger partial charge >= 0.3 is 0 Å². The van der Waals surface area contributed by atoms with E-state index in [9.17, 15) is 8.78 Å². The quantitative estimate of drug-likeness (QED) is 0.568. The monoisotopic (exact) mass is 202 g/mol. The van der Waals surface area contributed by atoms with E-state index in [0.29, 0.717) is 0 Å². The van der Waals surface area contributed by atoms with Gasteiger partial charge in [-0.15, -0.1) is 0 Å². The van der Waals surface area contributed by atoms with Crippen molar-refractivity contribution in [3.63, 3.8) is 0 Å². The van der Waals surface area contributed by atoms with Crippen molar-refractivity contribution in [3.05, 3.63) is 35.4 Å². The molecule has 0 heterocycles. The Balaban J connectivity index is 3.02. The highest BCUT2D eigenvalue weighted by Gasteiger charge is 2.18. The maximum Gasteiger partial charge on any atom is 0.131 e. The van der Waals surface area contributed by atoms with Gasteiger partial charge < -0.3 is 4.74 Å². The molecule has 1 rings (SSSR count). The second-order valence-corrected chi connectivity index (χ2v) is 2.81. The van der Waals surface area contributed by atoms with E-state index in [1.165, 1.54) is 25.3 Å². The van der Waals surface area contributed by atoms with Gasteiger partial charge in [0.1, 0.15) is 11.6 Å². The average molecular weight is 202 g/mol. The molecule has 0 bridgehead atoms. The fourth-order valence-corrected chi connectivity index (χ4v) is 1.23. The van der Waals surface area contributed by atoms with Crippen molar-refractivity contribution in [2.24, 2.45) is 5.84 Å². The van der Waals surface area contributed by atoms with Crippen LogP contribution in [0.15, 0.2) is 18.2 Å². The predicted molar refractivity (Wildman–Crippen MR) is 48.3 cm³/mol. The first-order valence-electron chi connectivity index (χ1n) is 4.09. The Labute approximate surface area is 80.8 Å². The minimum Gasteiger partial charge on any atom is -0.383 e. The third-order valence-corrected chi connectivity index (χ3v) is 1.88. The number of benzene rings is 1. The van der Waals surface area contributed by atoms with Crippen LogP contribution in [0.4, 0.5) is 8.78 Å². The van der Waals surface area contributed by atoms with Crippen LogP contribution in [0.1, 0.15) is 11.6 Å². The molecule has 1 aromatic rings. The van der Waals surface area contributed by atoms with E-state index in [2.05, 4.69) is 5.43 Å². The Kier molecular flexibility index (Phi) is 3.94. The van der Waals surface area contributed by atoms with Crippen LogP contribution in [-0.4, -0.2) is 13.7 Å². The fraction of sp³-hybridized carbons (Fsp3) is 0.333. The first-order valence-corrected chi connectivity index (χ1v) is 4.09. The summed E-state index contributed by atoms with van der Waals surface area (Å²) in [7, 11) is 1.43. The number of hydrogen-bond acceptors (Lipinski definition) is 3. The molecule has 0 saturated carbocycles. The Bertz CT molecular complexity index is 287. The lowest BCUT2D eigenvalue weighted by Gasteiger charge is -2.16. The molecule has 14 heavy (non-hydrogen) atoms. The molecule has 5 heteroatoms. The summed E-state index contributed by atoms with van der Waals surface area (Å²) in [6.07, 6.45) is 0. The number of ether oxygens (including phenoxy) is 1. The van der Waals surface area contributed by atoms with Gasteiger partial charge in [0.05, 0.1) is 12.6 Å². The number of rotatable bonds is 4. The van der Waals surface area contributed by atoms with Crippen LogP contribution in [0.5, 0.6) is 0 Å². The third-order valence-electron chi connectivity index (χ3n) is 1.88. The maximum atomic E-state index is 13.2. The van der Waals surface area contributed by atoms with Crippen LogP contribution in [0.3, 0.4) is 0 Å². The predicted octanol–water partition coefficient (Wildman–Crippen LogP) is 1.12. The molecular formula is C9H12F2N2O. The van der Waals surface area contributed by atoms with Gasteiger partial charge in [-0.25, -0.2) is 8.78 Å². The molecule has 78 valence electrons. The van der Waals surface area contributed by atoms with Gasteiger partial charge in [-0.05, 0) is 12.1 Å². The van der Waals surface area contributed by atoms with E-state index in [0.717, 1.165) is 0 Å². The molecule has 3 N–H and O–H groups in total. The number of nitrogens with one attached hydrogen (secondary N) is 1. The van der Waals surface area contributed by atoms with Crippen molar-refractivity contribution in [3.8, 4) is 0 Å². The summed E-state index contributed by atoms with van der Waals surface area (Å²) in [5.41, 5.74) is 2.20. The van der Waals surface area contributed by atoms with Crippen LogP contribution >= 0.6 is 0 Å². The molecule has 0 aliphatic rings. The molecule has 0 aromatic heterocycles. The number of halogens is 2. The highest BCUT2D eigenvalue weighted by atomic mass is 19.1. The average Bonchev–Trinajstić information content (AvgIpc) is 2.16. The summed E-state index contributed by atoms with van der Waals surface area (Å²) in [6.45, 7) is 0.106. The molecular weight excluding hydrogens is 190 g/mol. The molecule has 0 spiro atoms. The van der Waals surface area contributed by atoms with Crippen molar-refractivity contribution in [1.29, 1.82) is 0 Å². The van der Waals surface area contributed by atoms with Gasteiger partial charge in [0, 0.05) is 12.7 Å². The molecule has 0 amide bonds. The second-order valence-electron chi connectivity index (χ2n) is 2.81. The van der Waals surface area contributed by atoms with E-state index in [1.807, 2.05) is 0 Å². The molecule has 1 unspecified atom stereocenters. The van der Waals surface area contributed by atoms with E-state index < -0.39 is 17.7 Å². The van der Waals surface area contributed by atoms with Gasteiger partial charge in [-0.3, -0.25) is 11.3 Å².